The number of rotatable bonds is 6. The summed E-state index contributed by atoms with van der Waals surface area (Å²) in [5.74, 6) is -0.338. The van der Waals surface area contributed by atoms with Crippen molar-refractivity contribution in [3.63, 3.8) is 0 Å². The number of amides is 1. The number of nitrogens with one attached hydrogen (secondary N) is 1. The molecule has 0 spiro atoms. The number of nitrogen functional groups attached to an aromatic ring is 1. The number of nitrogens with two attached hydrogens (primary N) is 1. The van der Waals surface area contributed by atoms with E-state index in [1.165, 1.54) is 12.3 Å². The van der Waals surface area contributed by atoms with Crippen molar-refractivity contribution < 1.29 is 9.72 Å². The second kappa shape index (κ2) is 9.05. The van der Waals surface area contributed by atoms with Crippen LogP contribution in [-0.4, -0.2) is 23.3 Å². The Labute approximate surface area is 166 Å². The van der Waals surface area contributed by atoms with E-state index in [2.05, 4.69) is 15.5 Å². The van der Waals surface area contributed by atoms with E-state index in [1.54, 1.807) is 72.9 Å². The fraction of sp³-hybridized carbons (Fsp3) is 0. The highest BCUT2D eigenvalue weighted by Crippen LogP contribution is 2.26. The summed E-state index contributed by atoms with van der Waals surface area (Å²) >= 11 is 0. The molecule has 0 heterocycles. The predicted molar refractivity (Wildman–Crippen MR) is 113 cm³/mol. The van der Waals surface area contributed by atoms with E-state index in [0.29, 0.717) is 11.3 Å². The lowest BCUT2D eigenvalue weighted by Gasteiger charge is -2.00. The van der Waals surface area contributed by atoms with Crippen molar-refractivity contribution in [2.75, 3.05) is 5.73 Å². The topological polar surface area (TPSA) is 123 Å². The van der Waals surface area contributed by atoms with Gasteiger partial charge in [0, 0.05) is 23.5 Å². The average Bonchev–Trinajstić information content (AvgIpc) is 2.73. The number of nitro benzene ring substituents is 1. The van der Waals surface area contributed by atoms with Crippen LogP contribution in [0.5, 0.6) is 0 Å². The molecule has 0 radical (unpaired) electrons. The minimum atomic E-state index is -0.467. The van der Waals surface area contributed by atoms with Crippen LogP contribution in [0, 0.1) is 10.1 Å². The Morgan fingerprint density at radius 3 is 2.21 bits per heavy atom. The number of nitrogens with zero attached hydrogens (tertiary/aromatic N) is 3. The fourth-order valence-electron chi connectivity index (χ4n) is 2.40. The third kappa shape index (κ3) is 5.33. The summed E-state index contributed by atoms with van der Waals surface area (Å²) < 4.78 is 0. The van der Waals surface area contributed by atoms with Gasteiger partial charge in [0.15, 0.2) is 0 Å². The molecule has 8 heteroatoms. The Hall–Kier alpha value is -4.33. The van der Waals surface area contributed by atoms with Crippen molar-refractivity contribution in [3.05, 3.63) is 99.6 Å². The van der Waals surface area contributed by atoms with Gasteiger partial charge >= 0.3 is 0 Å². The van der Waals surface area contributed by atoms with Gasteiger partial charge in [-0.2, -0.15) is 5.10 Å². The molecule has 0 aliphatic heterocycles. The van der Waals surface area contributed by atoms with E-state index in [1.807, 2.05) is 0 Å². The Kier molecular flexibility index (Phi) is 6.06. The molecule has 1 amide bonds. The largest absolute Gasteiger partial charge is 0.399 e. The summed E-state index contributed by atoms with van der Waals surface area (Å²) in [5, 5.41) is 14.9. The molecule has 0 atom stereocenters. The first kappa shape index (κ1) is 19.4. The van der Waals surface area contributed by atoms with Crippen LogP contribution < -0.4 is 11.2 Å². The van der Waals surface area contributed by atoms with Gasteiger partial charge in [-0.3, -0.25) is 14.9 Å². The third-order valence-corrected chi connectivity index (χ3v) is 3.92. The van der Waals surface area contributed by atoms with E-state index in [4.69, 9.17) is 5.73 Å². The first-order valence-corrected chi connectivity index (χ1v) is 8.59. The molecule has 3 rings (SSSR count). The van der Waals surface area contributed by atoms with Crippen LogP contribution in [0.25, 0.3) is 0 Å². The van der Waals surface area contributed by atoms with Crippen molar-refractivity contribution in [1.29, 1.82) is 0 Å². The lowest BCUT2D eigenvalue weighted by Crippen LogP contribution is -2.17. The minimum absolute atomic E-state index is 0.0515. The molecule has 8 nitrogen and oxygen atoms in total. The number of carbonyl (C=O) groups is 1. The molecular formula is C21H17N5O3. The average molecular weight is 387 g/mol. The maximum Gasteiger partial charge on any atom is 0.294 e. The van der Waals surface area contributed by atoms with E-state index in [0.717, 1.165) is 11.1 Å². The molecule has 0 aliphatic carbocycles. The predicted octanol–water partition coefficient (Wildman–Crippen LogP) is 3.69. The first-order valence-electron chi connectivity index (χ1n) is 8.59. The number of anilines is 1. The van der Waals surface area contributed by atoms with Crippen molar-refractivity contribution >= 4 is 35.4 Å². The summed E-state index contributed by atoms with van der Waals surface area (Å²) in [6.07, 6.45) is 3.06. The van der Waals surface area contributed by atoms with Gasteiger partial charge in [-0.05, 0) is 41.5 Å². The molecule has 0 fully saturated rings. The highest BCUT2D eigenvalue weighted by molar-refractivity contribution is 5.95. The number of hydrazone groups is 1. The van der Waals surface area contributed by atoms with Crippen LogP contribution in [0.1, 0.15) is 21.5 Å². The molecule has 0 saturated heterocycles. The molecule has 144 valence electrons. The zero-order chi connectivity index (χ0) is 20.6. The first-order chi connectivity index (χ1) is 14.0. The Bertz CT molecular complexity index is 1070. The number of carbonyl (C=O) groups excluding carboxylic acids is 1. The quantitative estimate of drug-likeness (QED) is 0.290. The molecule has 3 aromatic carbocycles. The molecule has 3 N–H and O–H groups in total. The molecule has 0 aromatic heterocycles. The van der Waals surface area contributed by atoms with Gasteiger partial charge in [0.1, 0.15) is 5.69 Å². The smallest absolute Gasteiger partial charge is 0.294 e. The van der Waals surface area contributed by atoms with Crippen LogP contribution in [0.2, 0.25) is 0 Å². The van der Waals surface area contributed by atoms with Gasteiger partial charge in [-0.15, -0.1) is 0 Å². The van der Waals surface area contributed by atoms with E-state index < -0.39 is 4.92 Å². The summed E-state index contributed by atoms with van der Waals surface area (Å²) in [7, 11) is 0. The monoisotopic (exact) mass is 387 g/mol. The van der Waals surface area contributed by atoms with Crippen LogP contribution in [-0.2, 0) is 0 Å². The Balaban J connectivity index is 1.61. The molecule has 0 saturated carbocycles. The lowest BCUT2D eigenvalue weighted by molar-refractivity contribution is -0.384. The number of hydrogen-bond donors (Lipinski definition) is 2. The molecule has 3 aromatic rings. The van der Waals surface area contributed by atoms with E-state index >= 15 is 0 Å². The van der Waals surface area contributed by atoms with Gasteiger partial charge in [0.05, 0.1) is 11.1 Å². The van der Waals surface area contributed by atoms with Crippen LogP contribution in [0.4, 0.5) is 17.1 Å². The summed E-state index contributed by atoms with van der Waals surface area (Å²) in [6, 6.07) is 20.0. The highest BCUT2D eigenvalue weighted by Gasteiger charge is 2.10. The molecule has 29 heavy (non-hydrogen) atoms. The van der Waals surface area contributed by atoms with Crippen molar-refractivity contribution in [2.24, 2.45) is 10.1 Å². The molecule has 0 aliphatic rings. The van der Waals surface area contributed by atoms with Gasteiger partial charge in [-0.1, -0.05) is 36.4 Å². The normalized spacial score (nSPS) is 11.0. The maximum absolute atomic E-state index is 12.0. The van der Waals surface area contributed by atoms with Crippen LogP contribution in [0.3, 0.4) is 0 Å². The van der Waals surface area contributed by atoms with Gasteiger partial charge in [0.25, 0.3) is 11.6 Å². The lowest BCUT2D eigenvalue weighted by atomic mass is 10.1. The minimum Gasteiger partial charge on any atom is -0.399 e. The van der Waals surface area contributed by atoms with Gasteiger partial charge < -0.3 is 5.73 Å². The van der Waals surface area contributed by atoms with Gasteiger partial charge in [-0.25, -0.2) is 10.4 Å². The number of benzene rings is 3. The van der Waals surface area contributed by atoms with Crippen LogP contribution >= 0.6 is 0 Å². The summed E-state index contributed by atoms with van der Waals surface area (Å²) in [6.45, 7) is 0. The summed E-state index contributed by atoms with van der Waals surface area (Å²) in [5.41, 5.74) is 10.8. The third-order valence-electron chi connectivity index (χ3n) is 3.92. The Morgan fingerprint density at radius 2 is 1.55 bits per heavy atom. The zero-order valence-corrected chi connectivity index (χ0v) is 15.2. The highest BCUT2D eigenvalue weighted by atomic mass is 16.6. The summed E-state index contributed by atoms with van der Waals surface area (Å²) in [4.78, 5) is 26.7. The molecule has 0 bridgehead atoms. The van der Waals surface area contributed by atoms with Crippen molar-refractivity contribution in [2.45, 2.75) is 0 Å². The van der Waals surface area contributed by atoms with E-state index in [9.17, 15) is 14.9 Å². The number of nitro groups is 1. The molecular weight excluding hydrogens is 370 g/mol. The Morgan fingerprint density at radius 1 is 0.931 bits per heavy atom. The van der Waals surface area contributed by atoms with Gasteiger partial charge in [0.2, 0.25) is 0 Å². The van der Waals surface area contributed by atoms with Crippen molar-refractivity contribution in [1.82, 2.24) is 5.43 Å². The number of hydrogen-bond acceptors (Lipinski definition) is 6. The van der Waals surface area contributed by atoms with E-state index in [-0.39, 0.29) is 17.3 Å². The second-order valence-corrected chi connectivity index (χ2v) is 5.99. The van der Waals surface area contributed by atoms with Crippen molar-refractivity contribution in [3.8, 4) is 0 Å². The standard InChI is InChI=1S/C21H17N5O3/c22-18-11-9-17(10-12-18)21(27)25-24-14-16-7-5-15(6-8-16)13-23-19-3-1-2-4-20(19)26(28)29/h1-14H,22H2,(H,25,27). The maximum atomic E-state index is 12.0. The molecule has 0 unspecified atom stereocenters. The SMILES string of the molecule is Nc1ccc(C(=O)NN=Cc2ccc(C=Nc3ccccc3[N+](=O)[O-])cc2)cc1. The van der Waals surface area contributed by atoms with Crippen LogP contribution in [0.15, 0.2) is 82.9 Å². The number of para-hydroxylation sites is 2. The fourth-order valence-corrected chi connectivity index (χ4v) is 2.40. The number of aliphatic imine (C=N–C) groups is 1. The zero-order valence-electron chi connectivity index (χ0n) is 15.2. The second-order valence-electron chi connectivity index (χ2n) is 5.99.